The van der Waals surface area contributed by atoms with Gasteiger partial charge in [0.1, 0.15) is 6.04 Å². The molecule has 0 radical (unpaired) electrons. The van der Waals surface area contributed by atoms with Crippen molar-refractivity contribution in [3.05, 3.63) is 77.9 Å². The normalized spacial score (nSPS) is 13.3. The van der Waals surface area contributed by atoms with Crippen molar-refractivity contribution in [2.45, 2.75) is 19.0 Å². The minimum Gasteiger partial charge on any atom is -0.352 e. The highest BCUT2D eigenvalue weighted by Crippen LogP contribution is 2.16. The Hall–Kier alpha value is -2.92. The van der Waals surface area contributed by atoms with Crippen molar-refractivity contribution in [1.29, 1.82) is 0 Å². The molecule has 2 aromatic rings. The number of hydrogen-bond acceptors (Lipinski definition) is 3. The molecule has 0 fully saturated rings. The lowest BCUT2D eigenvalue weighted by atomic mass is 10.1. The molecule has 2 rings (SSSR count). The van der Waals surface area contributed by atoms with E-state index >= 15 is 0 Å². The van der Waals surface area contributed by atoms with Gasteiger partial charge in [0.15, 0.2) is 0 Å². The summed E-state index contributed by atoms with van der Waals surface area (Å²) in [5, 5.41) is 5.61. The fourth-order valence-electron chi connectivity index (χ4n) is 2.69. The van der Waals surface area contributed by atoms with Crippen molar-refractivity contribution in [2.75, 3.05) is 20.6 Å². The summed E-state index contributed by atoms with van der Waals surface area (Å²) in [7, 11) is 3.95. The second kappa shape index (κ2) is 10.3. The maximum absolute atomic E-state index is 12.3. The first kappa shape index (κ1) is 20.4. The average molecular weight is 365 g/mol. The molecule has 2 N–H and O–H groups in total. The van der Waals surface area contributed by atoms with Gasteiger partial charge in [-0.05, 0) is 38.2 Å². The van der Waals surface area contributed by atoms with Gasteiger partial charge < -0.3 is 15.5 Å². The first-order chi connectivity index (χ1) is 13.0. The van der Waals surface area contributed by atoms with Crippen LogP contribution in [0.15, 0.2) is 66.7 Å². The minimum absolute atomic E-state index is 0.0658. The van der Waals surface area contributed by atoms with E-state index in [1.165, 1.54) is 6.08 Å². The highest BCUT2D eigenvalue weighted by atomic mass is 16.2. The Balaban J connectivity index is 1.85. The minimum atomic E-state index is -0.614. The fourth-order valence-corrected chi connectivity index (χ4v) is 2.69. The lowest BCUT2D eigenvalue weighted by Gasteiger charge is -2.25. The Morgan fingerprint density at radius 3 is 2.19 bits per heavy atom. The van der Waals surface area contributed by atoms with Crippen LogP contribution in [0.4, 0.5) is 0 Å². The molecule has 0 aliphatic rings. The molecule has 0 saturated carbocycles. The van der Waals surface area contributed by atoms with Gasteiger partial charge in [0.2, 0.25) is 11.8 Å². The van der Waals surface area contributed by atoms with E-state index in [2.05, 4.69) is 15.5 Å². The summed E-state index contributed by atoms with van der Waals surface area (Å²) in [5.74, 6) is -0.507. The summed E-state index contributed by atoms with van der Waals surface area (Å²) in [6, 6.07) is 19.0. The number of hydrogen-bond donors (Lipinski definition) is 2. The molecule has 0 heterocycles. The molecule has 0 bridgehead atoms. The zero-order valence-electron chi connectivity index (χ0n) is 16.1. The van der Waals surface area contributed by atoms with Gasteiger partial charge in [0.25, 0.3) is 0 Å². The quantitative estimate of drug-likeness (QED) is 0.707. The van der Waals surface area contributed by atoms with Gasteiger partial charge in [-0.2, -0.15) is 0 Å². The van der Waals surface area contributed by atoms with Gasteiger partial charge >= 0.3 is 0 Å². The first-order valence-corrected chi connectivity index (χ1v) is 9.00. The van der Waals surface area contributed by atoms with Crippen LogP contribution in [-0.2, 0) is 9.59 Å². The number of carbonyl (C=O) groups is 2. The van der Waals surface area contributed by atoms with Gasteiger partial charge in [-0.3, -0.25) is 9.59 Å². The smallest absolute Gasteiger partial charge is 0.244 e. The largest absolute Gasteiger partial charge is 0.352 e. The van der Waals surface area contributed by atoms with Crippen LogP contribution in [0.3, 0.4) is 0 Å². The van der Waals surface area contributed by atoms with Crippen LogP contribution in [-0.4, -0.2) is 43.4 Å². The van der Waals surface area contributed by atoms with Gasteiger partial charge in [0.05, 0.1) is 6.04 Å². The second-order valence-electron chi connectivity index (χ2n) is 6.61. The highest BCUT2D eigenvalue weighted by Gasteiger charge is 2.18. The van der Waals surface area contributed by atoms with Gasteiger partial charge in [-0.15, -0.1) is 0 Å². The number of nitrogens with zero attached hydrogens (tertiary/aromatic N) is 1. The van der Waals surface area contributed by atoms with E-state index in [9.17, 15) is 9.59 Å². The zero-order chi connectivity index (χ0) is 19.6. The summed E-state index contributed by atoms with van der Waals surface area (Å²) >= 11 is 0. The SMILES string of the molecule is CC(NC(=O)/C=C/c1ccccc1)C(=O)NCC(c1ccccc1)N(C)C. The standard InChI is InChI=1S/C22H27N3O2/c1-17(24-21(26)15-14-18-10-6-4-7-11-18)22(27)23-16-20(25(2)3)19-12-8-5-9-13-19/h4-15,17,20H,16H2,1-3H3,(H,23,27)(H,24,26)/b15-14+. The van der Waals surface area contributed by atoms with Gasteiger partial charge in [-0.1, -0.05) is 60.7 Å². The molecular formula is C22H27N3O2. The predicted molar refractivity (Wildman–Crippen MR) is 109 cm³/mol. The number of rotatable bonds is 8. The van der Waals surface area contributed by atoms with Crippen LogP contribution in [0.2, 0.25) is 0 Å². The number of nitrogens with one attached hydrogen (secondary N) is 2. The molecule has 5 nitrogen and oxygen atoms in total. The van der Waals surface area contributed by atoms with Crippen LogP contribution in [0.5, 0.6) is 0 Å². The van der Waals surface area contributed by atoms with Crippen molar-refractivity contribution in [3.8, 4) is 0 Å². The number of carbonyl (C=O) groups excluding carboxylic acids is 2. The van der Waals surface area contributed by atoms with E-state index in [0.717, 1.165) is 11.1 Å². The lowest BCUT2D eigenvalue weighted by molar-refractivity contribution is -0.126. The van der Waals surface area contributed by atoms with E-state index in [4.69, 9.17) is 0 Å². The molecule has 2 amide bonds. The maximum Gasteiger partial charge on any atom is 0.244 e. The number of benzene rings is 2. The van der Waals surface area contributed by atoms with Crippen LogP contribution in [0, 0.1) is 0 Å². The molecule has 142 valence electrons. The molecule has 27 heavy (non-hydrogen) atoms. The molecule has 5 heteroatoms. The summed E-state index contributed by atoms with van der Waals surface area (Å²) in [6.07, 6.45) is 3.16. The molecule has 0 aliphatic carbocycles. The monoisotopic (exact) mass is 365 g/mol. The van der Waals surface area contributed by atoms with Crippen LogP contribution in [0.25, 0.3) is 6.08 Å². The van der Waals surface area contributed by atoms with Crippen molar-refractivity contribution < 1.29 is 9.59 Å². The molecule has 2 aromatic carbocycles. The van der Waals surface area contributed by atoms with E-state index in [0.29, 0.717) is 6.54 Å². The van der Waals surface area contributed by atoms with Gasteiger partial charge in [-0.25, -0.2) is 0 Å². The maximum atomic E-state index is 12.3. The topological polar surface area (TPSA) is 61.4 Å². The molecular weight excluding hydrogens is 338 g/mol. The molecule has 2 atom stereocenters. The molecule has 0 saturated heterocycles. The average Bonchev–Trinajstić information content (AvgIpc) is 2.67. The first-order valence-electron chi connectivity index (χ1n) is 9.00. The van der Waals surface area contributed by atoms with Crippen molar-refractivity contribution in [1.82, 2.24) is 15.5 Å². The molecule has 0 aliphatic heterocycles. The van der Waals surface area contributed by atoms with Crippen molar-refractivity contribution in [3.63, 3.8) is 0 Å². The van der Waals surface area contributed by atoms with E-state index < -0.39 is 6.04 Å². The Labute approximate surface area is 161 Å². The third-order valence-corrected chi connectivity index (χ3v) is 4.26. The molecule has 0 spiro atoms. The van der Waals surface area contributed by atoms with E-state index in [-0.39, 0.29) is 17.9 Å². The highest BCUT2D eigenvalue weighted by molar-refractivity contribution is 5.95. The summed E-state index contributed by atoms with van der Waals surface area (Å²) < 4.78 is 0. The van der Waals surface area contributed by atoms with E-state index in [1.807, 2.05) is 74.8 Å². The number of amides is 2. The van der Waals surface area contributed by atoms with E-state index in [1.54, 1.807) is 13.0 Å². The summed E-state index contributed by atoms with van der Waals surface area (Å²) in [5.41, 5.74) is 2.06. The third-order valence-electron chi connectivity index (χ3n) is 4.26. The van der Waals surface area contributed by atoms with Crippen molar-refractivity contribution >= 4 is 17.9 Å². The Morgan fingerprint density at radius 1 is 1.00 bits per heavy atom. The van der Waals surface area contributed by atoms with Crippen LogP contribution in [0.1, 0.15) is 24.1 Å². The van der Waals surface area contributed by atoms with Crippen molar-refractivity contribution in [2.24, 2.45) is 0 Å². The molecule has 0 aromatic heterocycles. The Bertz CT molecular complexity index is 758. The van der Waals surface area contributed by atoms with Gasteiger partial charge in [0, 0.05) is 12.6 Å². The van der Waals surface area contributed by atoms with Crippen LogP contribution < -0.4 is 10.6 Å². The fraction of sp³-hybridized carbons (Fsp3) is 0.273. The third kappa shape index (κ3) is 6.72. The summed E-state index contributed by atoms with van der Waals surface area (Å²) in [4.78, 5) is 26.4. The molecule has 2 unspecified atom stereocenters. The van der Waals surface area contributed by atoms with Crippen LogP contribution >= 0.6 is 0 Å². The Morgan fingerprint density at radius 2 is 1.59 bits per heavy atom. The number of likely N-dealkylation sites (N-methyl/N-ethyl adjacent to an activating group) is 1. The summed E-state index contributed by atoms with van der Waals surface area (Å²) in [6.45, 7) is 2.15. The predicted octanol–water partition coefficient (Wildman–Crippen LogP) is 2.62. The Kier molecular flexibility index (Phi) is 7.77. The second-order valence-corrected chi connectivity index (χ2v) is 6.61. The lowest BCUT2D eigenvalue weighted by Crippen LogP contribution is -2.46. The zero-order valence-corrected chi connectivity index (χ0v) is 16.1.